The van der Waals surface area contributed by atoms with Crippen LogP contribution in [0.25, 0.3) is 0 Å². The molecule has 0 aliphatic heterocycles. The van der Waals surface area contributed by atoms with Crippen LogP contribution in [0, 0.1) is 0 Å². The molecule has 0 radical (unpaired) electrons. The smallest absolute Gasteiger partial charge is 0.431 e. The van der Waals surface area contributed by atoms with Gasteiger partial charge in [-0.15, -0.1) is 0 Å². The lowest BCUT2D eigenvalue weighted by Crippen LogP contribution is -2.24. The maximum atomic E-state index is 11.4. The number of carbonyl (C=O) groups excluding carboxylic acids is 1. The molecule has 0 aliphatic carbocycles. The van der Waals surface area contributed by atoms with Crippen LogP contribution in [-0.4, -0.2) is 26.0 Å². The Kier molecular flexibility index (Phi) is 4.42. The van der Waals surface area contributed by atoms with Gasteiger partial charge < -0.3 is 4.74 Å². The second-order valence-corrected chi connectivity index (χ2v) is 1.81. The predicted molar refractivity (Wildman–Crippen MR) is 32.2 cm³/mol. The van der Waals surface area contributed by atoms with Crippen LogP contribution in [0.4, 0.5) is 18.0 Å². The van der Waals surface area contributed by atoms with Crippen LogP contribution in [0.15, 0.2) is 0 Å². The number of alkyl halides is 3. The SMILES string of the molecule is CONC(=O)OCCC(F)(F)F. The summed E-state index contributed by atoms with van der Waals surface area (Å²) in [6.07, 6.45) is -6.51. The lowest BCUT2D eigenvalue weighted by Gasteiger charge is -2.06. The van der Waals surface area contributed by atoms with Crippen molar-refractivity contribution in [1.82, 2.24) is 5.48 Å². The van der Waals surface area contributed by atoms with Gasteiger partial charge in [0.2, 0.25) is 0 Å². The van der Waals surface area contributed by atoms with Crippen molar-refractivity contribution in [3.8, 4) is 0 Å². The number of halogens is 3. The number of ether oxygens (including phenoxy) is 1. The molecule has 0 aromatic heterocycles. The lowest BCUT2D eigenvalue weighted by molar-refractivity contribution is -0.141. The molecule has 1 N–H and O–H groups in total. The van der Waals surface area contributed by atoms with Crippen molar-refractivity contribution in [1.29, 1.82) is 0 Å². The molecule has 0 bridgehead atoms. The summed E-state index contributed by atoms with van der Waals surface area (Å²) in [6, 6.07) is 0. The zero-order valence-electron chi connectivity index (χ0n) is 6.27. The highest BCUT2D eigenvalue weighted by Crippen LogP contribution is 2.18. The molecular formula is C5H8F3NO3. The number of carbonyl (C=O) groups is 1. The molecule has 0 unspecified atom stereocenters. The van der Waals surface area contributed by atoms with E-state index in [0.29, 0.717) is 0 Å². The molecule has 0 saturated carbocycles. The first-order valence-electron chi connectivity index (χ1n) is 2.98. The minimum Gasteiger partial charge on any atom is -0.448 e. The molecule has 7 heteroatoms. The Balaban J connectivity index is 3.37. The summed E-state index contributed by atoms with van der Waals surface area (Å²) in [7, 11) is 1.14. The zero-order valence-corrected chi connectivity index (χ0v) is 6.27. The molecule has 0 rings (SSSR count). The monoisotopic (exact) mass is 187 g/mol. The van der Waals surface area contributed by atoms with E-state index in [-0.39, 0.29) is 0 Å². The number of hydroxylamine groups is 1. The van der Waals surface area contributed by atoms with Gasteiger partial charge in [0.15, 0.2) is 0 Å². The van der Waals surface area contributed by atoms with E-state index in [1.165, 1.54) is 0 Å². The van der Waals surface area contributed by atoms with E-state index >= 15 is 0 Å². The van der Waals surface area contributed by atoms with Crippen LogP contribution in [0.5, 0.6) is 0 Å². The zero-order chi connectivity index (χ0) is 9.61. The Morgan fingerprint density at radius 1 is 1.50 bits per heavy atom. The minimum absolute atomic E-state index is 0.710. The van der Waals surface area contributed by atoms with Crippen LogP contribution in [0.3, 0.4) is 0 Å². The largest absolute Gasteiger partial charge is 0.448 e. The van der Waals surface area contributed by atoms with Crippen molar-refractivity contribution < 1.29 is 27.5 Å². The van der Waals surface area contributed by atoms with E-state index in [0.717, 1.165) is 7.11 Å². The predicted octanol–water partition coefficient (Wildman–Crippen LogP) is 1.23. The van der Waals surface area contributed by atoms with E-state index < -0.39 is 25.3 Å². The van der Waals surface area contributed by atoms with Gasteiger partial charge in [0.25, 0.3) is 0 Å². The Hall–Kier alpha value is -0.980. The molecule has 72 valence electrons. The van der Waals surface area contributed by atoms with E-state index in [1.807, 2.05) is 0 Å². The van der Waals surface area contributed by atoms with Gasteiger partial charge in [-0.1, -0.05) is 0 Å². The van der Waals surface area contributed by atoms with Gasteiger partial charge in [-0.25, -0.2) is 4.79 Å². The number of nitrogens with one attached hydrogen (secondary N) is 1. The van der Waals surface area contributed by atoms with Gasteiger partial charge in [-0.3, -0.25) is 4.84 Å². The Morgan fingerprint density at radius 2 is 2.08 bits per heavy atom. The molecule has 0 saturated heterocycles. The molecule has 0 aromatic carbocycles. The third-order valence-electron chi connectivity index (χ3n) is 0.804. The highest BCUT2D eigenvalue weighted by atomic mass is 19.4. The van der Waals surface area contributed by atoms with E-state index in [9.17, 15) is 18.0 Å². The maximum absolute atomic E-state index is 11.4. The van der Waals surface area contributed by atoms with Crippen LogP contribution in [0.2, 0.25) is 0 Å². The first-order valence-corrected chi connectivity index (χ1v) is 2.98. The third-order valence-corrected chi connectivity index (χ3v) is 0.804. The van der Waals surface area contributed by atoms with Gasteiger partial charge in [-0.05, 0) is 0 Å². The fourth-order valence-electron chi connectivity index (χ4n) is 0.372. The van der Waals surface area contributed by atoms with Crippen molar-refractivity contribution in [2.75, 3.05) is 13.7 Å². The van der Waals surface area contributed by atoms with Crippen LogP contribution in [0.1, 0.15) is 6.42 Å². The average Bonchev–Trinajstić information content (AvgIpc) is 1.84. The molecule has 0 aromatic rings. The molecule has 4 nitrogen and oxygen atoms in total. The first-order chi connectivity index (χ1) is 5.45. The normalized spacial score (nSPS) is 11.0. The number of amides is 1. The Bertz CT molecular complexity index is 147. The van der Waals surface area contributed by atoms with Crippen molar-refractivity contribution in [3.63, 3.8) is 0 Å². The summed E-state index contributed by atoms with van der Waals surface area (Å²) in [5.41, 5.74) is 1.70. The molecule has 0 spiro atoms. The van der Waals surface area contributed by atoms with Crippen molar-refractivity contribution in [3.05, 3.63) is 0 Å². The van der Waals surface area contributed by atoms with E-state index in [1.54, 1.807) is 5.48 Å². The maximum Gasteiger partial charge on any atom is 0.431 e. The summed E-state index contributed by atoms with van der Waals surface area (Å²) < 4.78 is 38.4. The fourth-order valence-corrected chi connectivity index (χ4v) is 0.372. The highest BCUT2D eigenvalue weighted by Gasteiger charge is 2.27. The number of hydrogen-bond donors (Lipinski definition) is 1. The standard InChI is InChI=1S/C5H8F3NO3/c1-11-9-4(10)12-3-2-5(6,7)8/h2-3H2,1H3,(H,9,10). The summed E-state index contributed by atoms with van der Waals surface area (Å²) in [6.45, 7) is -0.710. The molecule has 0 atom stereocenters. The molecular weight excluding hydrogens is 179 g/mol. The third kappa shape index (κ3) is 7.13. The fraction of sp³-hybridized carbons (Fsp3) is 0.800. The summed E-state index contributed by atoms with van der Waals surface area (Å²) in [4.78, 5) is 14.4. The lowest BCUT2D eigenvalue weighted by atomic mass is 10.4. The Morgan fingerprint density at radius 3 is 2.50 bits per heavy atom. The van der Waals surface area contributed by atoms with Crippen LogP contribution in [-0.2, 0) is 9.57 Å². The van der Waals surface area contributed by atoms with Gasteiger partial charge >= 0.3 is 12.3 Å². The van der Waals surface area contributed by atoms with Crippen molar-refractivity contribution in [2.45, 2.75) is 12.6 Å². The molecule has 12 heavy (non-hydrogen) atoms. The molecule has 0 heterocycles. The number of hydrogen-bond acceptors (Lipinski definition) is 3. The second kappa shape index (κ2) is 4.81. The van der Waals surface area contributed by atoms with Gasteiger partial charge in [0.1, 0.15) is 6.61 Å². The summed E-state index contributed by atoms with van der Waals surface area (Å²) in [5.74, 6) is 0. The average molecular weight is 187 g/mol. The van der Waals surface area contributed by atoms with Gasteiger partial charge in [-0.2, -0.15) is 18.7 Å². The minimum atomic E-state index is -4.31. The van der Waals surface area contributed by atoms with Crippen LogP contribution >= 0.6 is 0 Å². The summed E-state index contributed by atoms with van der Waals surface area (Å²) in [5, 5.41) is 0. The highest BCUT2D eigenvalue weighted by molar-refractivity contribution is 5.65. The van der Waals surface area contributed by atoms with Gasteiger partial charge in [0.05, 0.1) is 13.5 Å². The summed E-state index contributed by atoms with van der Waals surface area (Å²) >= 11 is 0. The van der Waals surface area contributed by atoms with Crippen LogP contribution < -0.4 is 5.48 Å². The van der Waals surface area contributed by atoms with Gasteiger partial charge in [0, 0.05) is 0 Å². The molecule has 0 fully saturated rings. The van der Waals surface area contributed by atoms with Crippen molar-refractivity contribution in [2.24, 2.45) is 0 Å². The molecule has 1 amide bonds. The van der Waals surface area contributed by atoms with Crippen molar-refractivity contribution >= 4 is 6.09 Å². The molecule has 0 aliphatic rings. The number of rotatable bonds is 3. The second-order valence-electron chi connectivity index (χ2n) is 1.81. The first kappa shape index (κ1) is 11.0. The van der Waals surface area contributed by atoms with E-state index in [4.69, 9.17) is 0 Å². The quantitative estimate of drug-likeness (QED) is 0.676. The Labute approximate surface area is 66.6 Å². The van der Waals surface area contributed by atoms with E-state index in [2.05, 4.69) is 9.57 Å². The topological polar surface area (TPSA) is 47.6 Å².